The summed E-state index contributed by atoms with van der Waals surface area (Å²) >= 11 is 0. The van der Waals surface area contributed by atoms with Gasteiger partial charge in [-0.15, -0.1) is 0 Å². The zero-order valence-corrected chi connectivity index (χ0v) is 14.1. The van der Waals surface area contributed by atoms with Gasteiger partial charge < -0.3 is 19.7 Å². The Balaban J connectivity index is 2.02. The summed E-state index contributed by atoms with van der Waals surface area (Å²) < 4.78 is 7.44. The van der Waals surface area contributed by atoms with E-state index in [2.05, 4.69) is 12.2 Å². The molecule has 0 spiro atoms. The Morgan fingerprint density at radius 2 is 2.17 bits per heavy atom. The quantitative estimate of drug-likeness (QED) is 0.786. The number of aryl methyl sites for hydroxylation is 1. The average Bonchev–Trinajstić information content (AvgIpc) is 3.00. The summed E-state index contributed by atoms with van der Waals surface area (Å²) in [5.74, 6) is 1.03. The van der Waals surface area contributed by atoms with Crippen molar-refractivity contribution in [1.29, 1.82) is 0 Å². The third kappa shape index (κ3) is 4.05. The van der Waals surface area contributed by atoms with Crippen LogP contribution in [0.3, 0.4) is 0 Å². The van der Waals surface area contributed by atoms with Crippen LogP contribution in [0.5, 0.6) is 5.75 Å². The molecule has 0 aliphatic heterocycles. The third-order valence-corrected chi connectivity index (χ3v) is 4.43. The number of aliphatic hydroxyl groups excluding tert-OH is 1. The number of nitrogens with zero attached hydrogens (tertiary/aromatic N) is 1. The molecule has 0 saturated heterocycles. The second-order valence-electron chi connectivity index (χ2n) is 5.90. The lowest BCUT2D eigenvalue weighted by atomic mass is 10.00. The Morgan fingerprint density at radius 3 is 2.83 bits per heavy atom. The Morgan fingerprint density at radius 1 is 1.39 bits per heavy atom. The van der Waals surface area contributed by atoms with Crippen molar-refractivity contribution in [3.8, 4) is 5.75 Å². The van der Waals surface area contributed by atoms with Crippen molar-refractivity contribution in [2.45, 2.75) is 39.3 Å². The first kappa shape index (κ1) is 17.3. The average molecular weight is 318 g/mol. The van der Waals surface area contributed by atoms with E-state index in [-0.39, 0.29) is 24.5 Å². The van der Waals surface area contributed by atoms with Crippen LogP contribution in [0.1, 0.15) is 26.7 Å². The summed E-state index contributed by atoms with van der Waals surface area (Å²) in [6.45, 7) is 4.64. The van der Waals surface area contributed by atoms with Gasteiger partial charge in [-0.1, -0.05) is 32.4 Å². The van der Waals surface area contributed by atoms with Crippen molar-refractivity contribution in [2.24, 2.45) is 5.92 Å². The first-order valence-corrected chi connectivity index (χ1v) is 8.12. The fraction of sp³-hybridized carbons (Fsp3) is 0.500. The van der Waals surface area contributed by atoms with E-state index in [9.17, 15) is 9.90 Å². The summed E-state index contributed by atoms with van der Waals surface area (Å²) in [4.78, 5) is 12.2. The topological polar surface area (TPSA) is 63.5 Å². The molecule has 1 heterocycles. The monoisotopic (exact) mass is 318 g/mol. The van der Waals surface area contributed by atoms with Gasteiger partial charge in [-0.3, -0.25) is 4.79 Å². The molecular formula is C18H26N2O3. The van der Waals surface area contributed by atoms with Crippen LogP contribution in [0, 0.1) is 5.92 Å². The third-order valence-electron chi connectivity index (χ3n) is 4.43. The molecule has 2 rings (SSSR count). The summed E-state index contributed by atoms with van der Waals surface area (Å²) in [5.41, 5.74) is 1.00. The van der Waals surface area contributed by atoms with Gasteiger partial charge in [0.05, 0.1) is 25.3 Å². The van der Waals surface area contributed by atoms with Gasteiger partial charge in [0.25, 0.3) is 0 Å². The number of rotatable bonds is 8. The number of carbonyl (C=O) groups excluding carboxylic acids is 1. The SMILES string of the molecule is CCC(C)C(CO)NC(=O)CCn1ccc2cccc(OC)c21. The number of aromatic nitrogens is 1. The summed E-state index contributed by atoms with van der Waals surface area (Å²) in [7, 11) is 1.65. The molecule has 1 aromatic carbocycles. The van der Waals surface area contributed by atoms with E-state index in [4.69, 9.17) is 4.74 Å². The van der Waals surface area contributed by atoms with Crippen molar-refractivity contribution in [3.05, 3.63) is 30.5 Å². The first-order chi connectivity index (χ1) is 11.1. The number of nitrogens with one attached hydrogen (secondary N) is 1. The molecule has 2 aromatic rings. The van der Waals surface area contributed by atoms with E-state index >= 15 is 0 Å². The molecule has 23 heavy (non-hydrogen) atoms. The normalized spacial score (nSPS) is 13.7. The summed E-state index contributed by atoms with van der Waals surface area (Å²) in [6.07, 6.45) is 3.26. The van der Waals surface area contributed by atoms with Gasteiger partial charge >= 0.3 is 0 Å². The molecule has 0 fully saturated rings. The molecule has 1 amide bonds. The predicted octanol–water partition coefficient (Wildman–Crippen LogP) is 2.56. The van der Waals surface area contributed by atoms with Crippen molar-refractivity contribution < 1.29 is 14.6 Å². The van der Waals surface area contributed by atoms with Gasteiger partial charge in [0.2, 0.25) is 5.91 Å². The van der Waals surface area contributed by atoms with E-state index in [0.29, 0.717) is 13.0 Å². The van der Waals surface area contributed by atoms with Gasteiger partial charge in [-0.05, 0) is 18.1 Å². The number of aliphatic hydroxyl groups is 1. The number of ether oxygens (including phenoxy) is 1. The lowest BCUT2D eigenvalue weighted by Crippen LogP contribution is -2.42. The molecule has 126 valence electrons. The second kappa shape index (κ2) is 8.02. The van der Waals surface area contributed by atoms with E-state index in [0.717, 1.165) is 23.1 Å². The smallest absolute Gasteiger partial charge is 0.222 e. The predicted molar refractivity (Wildman–Crippen MR) is 91.6 cm³/mol. The van der Waals surface area contributed by atoms with Crippen molar-refractivity contribution in [1.82, 2.24) is 9.88 Å². The van der Waals surface area contributed by atoms with E-state index in [1.165, 1.54) is 0 Å². The summed E-state index contributed by atoms with van der Waals surface area (Å²) in [5, 5.41) is 13.4. The summed E-state index contributed by atoms with van der Waals surface area (Å²) in [6, 6.07) is 7.74. The Labute approximate surface area is 137 Å². The lowest BCUT2D eigenvalue weighted by Gasteiger charge is -2.22. The second-order valence-corrected chi connectivity index (χ2v) is 5.90. The molecule has 2 N–H and O–H groups in total. The van der Waals surface area contributed by atoms with Crippen LogP contribution in [0.15, 0.2) is 30.5 Å². The van der Waals surface area contributed by atoms with Gasteiger partial charge in [-0.25, -0.2) is 0 Å². The van der Waals surface area contributed by atoms with Crippen molar-refractivity contribution >= 4 is 16.8 Å². The molecule has 0 bridgehead atoms. The minimum atomic E-state index is -0.177. The van der Waals surface area contributed by atoms with Crippen LogP contribution in [0.4, 0.5) is 0 Å². The standard InChI is InChI=1S/C18H26N2O3/c1-4-13(2)15(12-21)19-17(22)9-11-20-10-8-14-6-5-7-16(23-3)18(14)20/h5-8,10,13,15,21H,4,9,11-12H2,1-3H3,(H,19,22). The highest BCUT2D eigenvalue weighted by Gasteiger charge is 2.17. The van der Waals surface area contributed by atoms with Crippen LogP contribution in [0.25, 0.3) is 10.9 Å². The number of methoxy groups -OCH3 is 1. The fourth-order valence-electron chi connectivity index (χ4n) is 2.73. The van der Waals surface area contributed by atoms with Crippen LogP contribution in [0.2, 0.25) is 0 Å². The number of hydrogen-bond acceptors (Lipinski definition) is 3. The van der Waals surface area contributed by atoms with E-state index in [1.54, 1.807) is 7.11 Å². The number of para-hydroxylation sites is 1. The Hall–Kier alpha value is -2.01. The van der Waals surface area contributed by atoms with Crippen molar-refractivity contribution in [2.75, 3.05) is 13.7 Å². The maximum absolute atomic E-state index is 12.2. The van der Waals surface area contributed by atoms with Crippen molar-refractivity contribution in [3.63, 3.8) is 0 Å². The molecule has 2 atom stereocenters. The lowest BCUT2D eigenvalue weighted by molar-refractivity contribution is -0.122. The molecule has 1 aromatic heterocycles. The minimum absolute atomic E-state index is 0.0268. The number of hydrogen-bond donors (Lipinski definition) is 2. The van der Waals surface area contributed by atoms with Gasteiger partial charge in [0, 0.05) is 24.5 Å². The Kier molecular flexibility index (Phi) is 6.04. The van der Waals surface area contributed by atoms with E-state index < -0.39 is 0 Å². The van der Waals surface area contributed by atoms with Gasteiger partial charge in [0.1, 0.15) is 5.75 Å². The molecule has 0 aliphatic carbocycles. The number of benzene rings is 1. The molecular weight excluding hydrogens is 292 g/mol. The van der Waals surface area contributed by atoms with Gasteiger partial charge in [0.15, 0.2) is 0 Å². The number of fused-ring (bicyclic) bond motifs is 1. The number of carbonyl (C=O) groups is 1. The molecule has 5 heteroatoms. The maximum Gasteiger partial charge on any atom is 0.222 e. The number of amides is 1. The van der Waals surface area contributed by atoms with Crippen LogP contribution in [-0.4, -0.2) is 35.3 Å². The van der Waals surface area contributed by atoms with Gasteiger partial charge in [-0.2, -0.15) is 0 Å². The van der Waals surface area contributed by atoms with E-state index in [1.807, 2.05) is 42.0 Å². The Bertz CT molecular complexity index is 651. The fourth-order valence-corrected chi connectivity index (χ4v) is 2.73. The molecule has 5 nitrogen and oxygen atoms in total. The zero-order valence-electron chi connectivity index (χ0n) is 14.1. The highest BCUT2D eigenvalue weighted by atomic mass is 16.5. The molecule has 0 radical (unpaired) electrons. The first-order valence-electron chi connectivity index (χ1n) is 8.12. The molecule has 0 saturated carbocycles. The highest BCUT2D eigenvalue weighted by Crippen LogP contribution is 2.26. The highest BCUT2D eigenvalue weighted by molar-refractivity contribution is 5.86. The molecule has 0 aliphatic rings. The largest absolute Gasteiger partial charge is 0.495 e. The molecule has 2 unspecified atom stereocenters. The van der Waals surface area contributed by atoms with Crippen LogP contribution in [-0.2, 0) is 11.3 Å². The van der Waals surface area contributed by atoms with Crippen LogP contribution >= 0.6 is 0 Å². The van der Waals surface area contributed by atoms with Crippen LogP contribution < -0.4 is 10.1 Å². The minimum Gasteiger partial charge on any atom is -0.495 e. The zero-order chi connectivity index (χ0) is 16.8. The maximum atomic E-state index is 12.2.